The highest BCUT2D eigenvalue weighted by molar-refractivity contribution is 5.81. The van der Waals surface area contributed by atoms with Gasteiger partial charge in [-0.15, -0.1) is 0 Å². The average molecular weight is 310 g/mol. The quantitative estimate of drug-likeness (QED) is 0.629. The topological polar surface area (TPSA) is 63.6 Å². The number of rotatable bonds is 7. The number of ether oxygens (including phenoxy) is 1. The van der Waals surface area contributed by atoms with Gasteiger partial charge in [-0.1, -0.05) is 48.5 Å². The van der Waals surface area contributed by atoms with E-state index >= 15 is 0 Å². The van der Waals surface area contributed by atoms with Gasteiger partial charge < -0.3 is 9.84 Å². The predicted molar refractivity (Wildman–Crippen MR) is 86.2 cm³/mol. The van der Waals surface area contributed by atoms with Crippen LogP contribution >= 0.6 is 0 Å². The normalized spacial score (nSPS) is 13.9. The minimum Gasteiger partial charge on any atom is -0.481 e. The van der Waals surface area contributed by atoms with E-state index in [1.165, 1.54) is 0 Å². The third-order valence-electron chi connectivity index (χ3n) is 4.66. The molecule has 3 rings (SSSR count). The maximum atomic E-state index is 11.2. The molecule has 0 saturated carbocycles. The first-order chi connectivity index (χ1) is 11.2. The minimum atomic E-state index is -0.817. The molecule has 118 valence electrons. The molecule has 4 nitrogen and oxygen atoms in total. The van der Waals surface area contributed by atoms with E-state index in [9.17, 15) is 9.59 Å². The molecule has 0 bridgehead atoms. The maximum absolute atomic E-state index is 11.2. The fraction of sp³-hybridized carbons (Fsp3) is 0.263. The Kier molecular flexibility index (Phi) is 4.15. The number of carboxylic acid groups (broad SMARTS) is 1. The number of hydrogen-bond donors (Lipinski definition) is 1. The fourth-order valence-corrected chi connectivity index (χ4v) is 3.68. The van der Waals surface area contributed by atoms with Crippen LogP contribution < -0.4 is 0 Å². The van der Waals surface area contributed by atoms with Crippen LogP contribution in [0.4, 0.5) is 0 Å². The van der Waals surface area contributed by atoms with Crippen LogP contribution in [-0.4, -0.2) is 24.2 Å². The van der Waals surface area contributed by atoms with Gasteiger partial charge in [-0.3, -0.25) is 9.59 Å². The second-order valence-electron chi connectivity index (χ2n) is 5.78. The number of fused-ring (bicyclic) bond motifs is 3. The monoisotopic (exact) mass is 310 g/mol. The van der Waals surface area contributed by atoms with Crippen molar-refractivity contribution in [2.75, 3.05) is 6.61 Å². The summed E-state index contributed by atoms with van der Waals surface area (Å²) in [5.41, 5.74) is 4.10. The molecule has 1 aliphatic carbocycles. The first-order valence-electron chi connectivity index (χ1n) is 7.65. The Balaban J connectivity index is 2.12. The second-order valence-corrected chi connectivity index (χ2v) is 5.78. The summed E-state index contributed by atoms with van der Waals surface area (Å²) >= 11 is 0. The largest absolute Gasteiger partial charge is 0.481 e. The Morgan fingerprint density at radius 2 is 1.57 bits per heavy atom. The molecule has 1 aliphatic rings. The zero-order valence-electron chi connectivity index (χ0n) is 12.7. The zero-order chi connectivity index (χ0) is 16.3. The summed E-state index contributed by atoms with van der Waals surface area (Å²) in [4.78, 5) is 21.7. The Hall–Kier alpha value is -2.62. The fourth-order valence-electron chi connectivity index (χ4n) is 3.68. The van der Waals surface area contributed by atoms with E-state index in [2.05, 4.69) is 24.3 Å². The van der Waals surface area contributed by atoms with Gasteiger partial charge in [0, 0.05) is 11.8 Å². The van der Waals surface area contributed by atoms with E-state index in [1.54, 1.807) is 0 Å². The molecule has 2 aromatic carbocycles. The van der Waals surface area contributed by atoms with E-state index in [1.807, 2.05) is 24.3 Å². The van der Waals surface area contributed by atoms with Crippen molar-refractivity contribution < 1.29 is 19.4 Å². The number of carbonyl (C=O) groups is 2. The van der Waals surface area contributed by atoms with E-state index in [-0.39, 0.29) is 13.0 Å². The lowest BCUT2D eigenvalue weighted by atomic mass is 9.72. The lowest BCUT2D eigenvalue weighted by molar-refractivity contribution is -0.137. The van der Waals surface area contributed by atoms with Crippen molar-refractivity contribution in [2.45, 2.75) is 24.7 Å². The van der Waals surface area contributed by atoms with Crippen molar-refractivity contribution in [1.82, 2.24) is 0 Å². The van der Waals surface area contributed by atoms with E-state index in [0.29, 0.717) is 19.3 Å². The van der Waals surface area contributed by atoms with Crippen LogP contribution in [0, 0.1) is 0 Å². The van der Waals surface area contributed by atoms with Crippen molar-refractivity contribution in [3.8, 4) is 11.1 Å². The second kappa shape index (κ2) is 6.24. The van der Waals surface area contributed by atoms with Crippen LogP contribution in [0.2, 0.25) is 0 Å². The smallest absolute Gasteiger partial charge is 0.303 e. The molecule has 0 atom stereocenters. The van der Waals surface area contributed by atoms with Crippen LogP contribution in [0.3, 0.4) is 0 Å². The summed E-state index contributed by atoms with van der Waals surface area (Å²) < 4.78 is 4.93. The zero-order valence-corrected chi connectivity index (χ0v) is 12.7. The molecule has 0 radical (unpaired) electrons. The van der Waals surface area contributed by atoms with Crippen LogP contribution in [0.25, 0.3) is 11.1 Å². The SMILES string of the molecule is O=COCCC1(CCC(=O)O)c2ccccc2-c2ccccc21. The van der Waals surface area contributed by atoms with Gasteiger partial charge in [0.1, 0.15) is 0 Å². The highest BCUT2D eigenvalue weighted by atomic mass is 16.5. The molecule has 0 unspecified atom stereocenters. The number of carboxylic acids is 1. The summed E-state index contributed by atoms with van der Waals surface area (Å²) in [6.07, 6.45) is 1.13. The van der Waals surface area contributed by atoms with Gasteiger partial charge in [-0.25, -0.2) is 0 Å². The highest BCUT2D eigenvalue weighted by Crippen LogP contribution is 2.52. The molecule has 0 spiro atoms. The lowest BCUT2D eigenvalue weighted by Crippen LogP contribution is -2.28. The van der Waals surface area contributed by atoms with Gasteiger partial charge in [-0.2, -0.15) is 0 Å². The van der Waals surface area contributed by atoms with Crippen molar-refractivity contribution in [1.29, 1.82) is 0 Å². The van der Waals surface area contributed by atoms with Gasteiger partial charge in [0.25, 0.3) is 6.47 Å². The molecule has 1 N–H and O–H groups in total. The molecule has 0 fully saturated rings. The van der Waals surface area contributed by atoms with E-state index in [4.69, 9.17) is 9.84 Å². The van der Waals surface area contributed by atoms with E-state index < -0.39 is 11.4 Å². The molecule has 0 amide bonds. The van der Waals surface area contributed by atoms with Crippen LogP contribution in [0.5, 0.6) is 0 Å². The standard InChI is InChI=1S/C19H18O4/c20-13-23-12-11-19(10-9-18(21)22)16-7-3-1-5-14(16)15-6-2-4-8-17(15)19/h1-8,13H,9-12H2,(H,21,22). The Morgan fingerprint density at radius 3 is 2.09 bits per heavy atom. The predicted octanol–water partition coefficient (Wildman–Crippen LogP) is 3.38. The number of hydrogen-bond acceptors (Lipinski definition) is 3. The number of aliphatic carboxylic acids is 1. The van der Waals surface area contributed by atoms with Crippen LogP contribution in [0.15, 0.2) is 48.5 Å². The summed E-state index contributed by atoms with van der Waals surface area (Å²) in [7, 11) is 0. The Labute approximate surface area is 134 Å². The lowest BCUT2D eigenvalue weighted by Gasteiger charge is -2.31. The van der Waals surface area contributed by atoms with Gasteiger partial charge in [0.05, 0.1) is 6.61 Å². The molecule has 0 aromatic heterocycles. The first kappa shape index (κ1) is 15.3. The molecule has 0 heterocycles. The third-order valence-corrected chi connectivity index (χ3v) is 4.66. The Morgan fingerprint density at radius 1 is 1.00 bits per heavy atom. The van der Waals surface area contributed by atoms with Gasteiger partial charge in [0.15, 0.2) is 0 Å². The highest BCUT2D eigenvalue weighted by Gasteiger charge is 2.42. The summed E-state index contributed by atoms with van der Waals surface area (Å²) in [5.74, 6) is -0.817. The first-order valence-corrected chi connectivity index (χ1v) is 7.65. The van der Waals surface area contributed by atoms with Gasteiger partial charge in [0.2, 0.25) is 0 Å². The van der Waals surface area contributed by atoms with Gasteiger partial charge in [-0.05, 0) is 35.1 Å². The summed E-state index contributed by atoms with van der Waals surface area (Å²) in [6, 6.07) is 16.2. The maximum Gasteiger partial charge on any atom is 0.303 e. The van der Waals surface area contributed by atoms with E-state index in [0.717, 1.165) is 22.3 Å². The van der Waals surface area contributed by atoms with Crippen LogP contribution in [-0.2, 0) is 19.7 Å². The molecular weight excluding hydrogens is 292 g/mol. The summed E-state index contributed by atoms with van der Waals surface area (Å²) in [6.45, 7) is 0.712. The van der Waals surface area contributed by atoms with Crippen molar-refractivity contribution in [3.05, 3.63) is 59.7 Å². The molecule has 0 saturated heterocycles. The third kappa shape index (κ3) is 2.61. The molecule has 0 aliphatic heterocycles. The van der Waals surface area contributed by atoms with Crippen molar-refractivity contribution in [3.63, 3.8) is 0 Å². The molecule has 2 aromatic rings. The number of benzene rings is 2. The average Bonchev–Trinajstić information content (AvgIpc) is 2.85. The minimum absolute atomic E-state index is 0.0732. The van der Waals surface area contributed by atoms with Crippen molar-refractivity contribution >= 4 is 12.4 Å². The van der Waals surface area contributed by atoms with Crippen LogP contribution in [0.1, 0.15) is 30.4 Å². The Bertz CT molecular complexity index is 690. The van der Waals surface area contributed by atoms with Gasteiger partial charge >= 0.3 is 5.97 Å². The van der Waals surface area contributed by atoms with Crippen molar-refractivity contribution in [2.24, 2.45) is 0 Å². The summed E-state index contributed by atoms with van der Waals surface area (Å²) in [5, 5.41) is 9.17. The molecule has 23 heavy (non-hydrogen) atoms. The molecule has 4 heteroatoms. The molecular formula is C19H18O4. The number of carbonyl (C=O) groups excluding carboxylic acids is 1.